The molecular weight excluding hydrogens is 398 g/mol. The number of carbonyl (C=O) groups excluding carboxylic acids is 2. The first-order chi connectivity index (χ1) is 15.1. The first-order valence-electron chi connectivity index (χ1n) is 10.9. The molecule has 8 heteroatoms. The van der Waals surface area contributed by atoms with Crippen molar-refractivity contribution in [2.45, 2.75) is 37.2 Å². The monoisotopic (exact) mass is 425 g/mol. The van der Waals surface area contributed by atoms with Gasteiger partial charge >= 0.3 is 0 Å². The summed E-state index contributed by atoms with van der Waals surface area (Å²) in [6.45, 7) is 2.84. The molecule has 1 aromatic carbocycles. The van der Waals surface area contributed by atoms with Crippen LogP contribution in [0.5, 0.6) is 5.75 Å². The molecule has 0 bridgehead atoms. The van der Waals surface area contributed by atoms with E-state index in [1.165, 1.54) is 0 Å². The molecule has 1 atom stereocenters. The van der Waals surface area contributed by atoms with Crippen LogP contribution in [0, 0.1) is 0 Å². The molecule has 5 rings (SSSR count). The summed E-state index contributed by atoms with van der Waals surface area (Å²) in [6.07, 6.45) is 2.97. The van der Waals surface area contributed by atoms with Crippen LogP contribution in [0.15, 0.2) is 34.9 Å². The predicted molar refractivity (Wildman–Crippen MR) is 112 cm³/mol. The van der Waals surface area contributed by atoms with Crippen LogP contribution in [0.25, 0.3) is 11.3 Å². The first kappa shape index (κ1) is 20.1. The molecular formula is C23H27N3O5. The summed E-state index contributed by atoms with van der Waals surface area (Å²) in [4.78, 5) is 29.6. The van der Waals surface area contributed by atoms with Gasteiger partial charge in [-0.3, -0.25) is 9.59 Å². The minimum atomic E-state index is -0.596. The van der Waals surface area contributed by atoms with Gasteiger partial charge in [0.2, 0.25) is 5.91 Å². The van der Waals surface area contributed by atoms with Gasteiger partial charge in [-0.25, -0.2) is 0 Å². The van der Waals surface area contributed by atoms with Crippen LogP contribution in [0.4, 0.5) is 0 Å². The SMILES string of the molecule is COc1cccc(-c2cc(C3(C(=O)N4CCN(C(=O)C5CCCO5)CC4)CC3)no2)c1. The Bertz CT molecular complexity index is 969. The van der Waals surface area contributed by atoms with Crippen LogP contribution in [-0.2, 0) is 19.7 Å². The van der Waals surface area contributed by atoms with Gasteiger partial charge in [0.05, 0.1) is 18.2 Å². The molecule has 2 saturated heterocycles. The van der Waals surface area contributed by atoms with Gasteiger partial charge in [-0.1, -0.05) is 17.3 Å². The van der Waals surface area contributed by atoms with E-state index in [0.717, 1.165) is 37.0 Å². The predicted octanol–water partition coefficient (Wildman–Crippen LogP) is 2.23. The minimum absolute atomic E-state index is 0.0603. The number of nitrogens with zero attached hydrogens (tertiary/aromatic N) is 3. The maximum absolute atomic E-state index is 13.4. The lowest BCUT2D eigenvalue weighted by Gasteiger charge is -2.37. The zero-order valence-electron chi connectivity index (χ0n) is 17.7. The van der Waals surface area contributed by atoms with Crippen molar-refractivity contribution in [1.29, 1.82) is 0 Å². The Morgan fingerprint density at radius 2 is 1.90 bits per heavy atom. The van der Waals surface area contributed by atoms with Gasteiger partial charge in [-0.15, -0.1) is 0 Å². The number of carbonyl (C=O) groups is 2. The summed E-state index contributed by atoms with van der Waals surface area (Å²) >= 11 is 0. The number of methoxy groups -OCH3 is 1. The van der Waals surface area contributed by atoms with Crippen LogP contribution >= 0.6 is 0 Å². The van der Waals surface area contributed by atoms with Gasteiger partial charge < -0.3 is 23.8 Å². The number of hydrogen-bond donors (Lipinski definition) is 0. The normalized spacial score (nSPS) is 22.4. The summed E-state index contributed by atoms with van der Waals surface area (Å²) in [5, 5.41) is 4.25. The molecule has 3 fully saturated rings. The Hall–Kier alpha value is -2.87. The van der Waals surface area contributed by atoms with E-state index in [1.54, 1.807) is 7.11 Å². The van der Waals surface area contributed by atoms with E-state index in [4.69, 9.17) is 14.0 Å². The van der Waals surface area contributed by atoms with E-state index in [1.807, 2.05) is 40.1 Å². The molecule has 0 N–H and O–H groups in total. The van der Waals surface area contributed by atoms with Gasteiger partial charge in [0.15, 0.2) is 5.76 Å². The molecule has 3 aliphatic rings. The number of aromatic nitrogens is 1. The second-order valence-electron chi connectivity index (χ2n) is 8.51. The number of amides is 2. The van der Waals surface area contributed by atoms with Crippen LogP contribution in [-0.4, -0.2) is 72.8 Å². The lowest BCUT2D eigenvalue weighted by Crippen LogP contribution is -2.54. The van der Waals surface area contributed by atoms with E-state index in [0.29, 0.717) is 44.2 Å². The highest BCUT2D eigenvalue weighted by molar-refractivity contribution is 5.91. The fourth-order valence-corrected chi connectivity index (χ4v) is 4.53. The number of rotatable bonds is 5. The molecule has 1 saturated carbocycles. The Balaban J connectivity index is 1.25. The number of hydrogen-bond acceptors (Lipinski definition) is 6. The van der Waals surface area contributed by atoms with Gasteiger partial charge in [0.1, 0.15) is 11.9 Å². The van der Waals surface area contributed by atoms with Crippen molar-refractivity contribution >= 4 is 11.8 Å². The third-order valence-corrected chi connectivity index (χ3v) is 6.60. The van der Waals surface area contributed by atoms with E-state index in [2.05, 4.69) is 5.16 Å². The van der Waals surface area contributed by atoms with Gasteiger partial charge in [-0.2, -0.15) is 0 Å². The molecule has 2 amide bonds. The standard InChI is InChI=1S/C23H27N3O5/c1-29-17-5-2-4-16(14-17)19-15-20(24-31-19)23(7-8-23)22(28)26-11-9-25(10-12-26)21(27)18-6-3-13-30-18/h2,4-5,14-15,18H,3,6-13H2,1H3. The second kappa shape index (κ2) is 8.00. The molecule has 2 aromatic rings. The minimum Gasteiger partial charge on any atom is -0.497 e. The van der Waals surface area contributed by atoms with Crippen molar-refractivity contribution in [2.24, 2.45) is 0 Å². The molecule has 0 spiro atoms. The van der Waals surface area contributed by atoms with E-state index < -0.39 is 5.41 Å². The number of ether oxygens (including phenoxy) is 2. The average molecular weight is 425 g/mol. The van der Waals surface area contributed by atoms with E-state index in [9.17, 15) is 9.59 Å². The van der Waals surface area contributed by atoms with Crippen LogP contribution in [0.1, 0.15) is 31.4 Å². The largest absolute Gasteiger partial charge is 0.497 e. The zero-order chi connectivity index (χ0) is 21.4. The highest BCUT2D eigenvalue weighted by Gasteiger charge is 2.55. The molecule has 164 valence electrons. The molecule has 31 heavy (non-hydrogen) atoms. The Morgan fingerprint density at radius 3 is 2.58 bits per heavy atom. The van der Waals surface area contributed by atoms with Crippen molar-refractivity contribution in [3.8, 4) is 17.1 Å². The third kappa shape index (κ3) is 3.69. The van der Waals surface area contributed by atoms with Crippen molar-refractivity contribution in [3.05, 3.63) is 36.0 Å². The van der Waals surface area contributed by atoms with Crippen LogP contribution in [0.3, 0.4) is 0 Å². The van der Waals surface area contributed by atoms with Crippen molar-refractivity contribution < 1.29 is 23.6 Å². The lowest BCUT2D eigenvalue weighted by molar-refractivity contribution is -0.146. The topological polar surface area (TPSA) is 85.1 Å². The second-order valence-corrected chi connectivity index (χ2v) is 8.51. The fraction of sp³-hybridized carbons (Fsp3) is 0.522. The lowest BCUT2D eigenvalue weighted by atomic mass is 9.99. The molecule has 1 aliphatic carbocycles. The maximum Gasteiger partial charge on any atom is 0.251 e. The van der Waals surface area contributed by atoms with Crippen molar-refractivity contribution in [3.63, 3.8) is 0 Å². The molecule has 3 heterocycles. The summed E-state index contributed by atoms with van der Waals surface area (Å²) in [7, 11) is 1.62. The molecule has 2 aliphatic heterocycles. The van der Waals surface area contributed by atoms with Gasteiger partial charge in [0.25, 0.3) is 5.91 Å². The summed E-state index contributed by atoms with van der Waals surface area (Å²) in [5.41, 5.74) is 0.956. The highest BCUT2D eigenvalue weighted by atomic mass is 16.5. The molecule has 1 unspecified atom stereocenters. The first-order valence-corrected chi connectivity index (χ1v) is 10.9. The van der Waals surface area contributed by atoms with E-state index >= 15 is 0 Å². The van der Waals surface area contributed by atoms with Crippen molar-refractivity contribution in [1.82, 2.24) is 15.0 Å². The van der Waals surface area contributed by atoms with Crippen LogP contribution in [0.2, 0.25) is 0 Å². The Labute approximate surface area is 181 Å². The van der Waals surface area contributed by atoms with Crippen molar-refractivity contribution in [2.75, 3.05) is 39.9 Å². The summed E-state index contributed by atoms with van der Waals surface area (Å²) in [5.74, 6) is 1.51. The Morgan fingerprint density at radius 1 is 1.13 bits per heavy atom. The zero-order valence-corrected chi connectivity index (χ0v) is 17.7. The Kier molecular flexibility index (Phi) is 5.17. The maximum atomic E-state index is 13.4. The number of piperazine rings is 1. The van der Waals surface area contributed by atoms with Gasteiger partial charge in [-0.05, 0) is 37.8 Å². The smallest absolute Gasteiger partial charge is 0.251 e. The van der Waals surface area contributed by atoms with E-state index in [-0.39, 0.29) is 17.9 Å². The molecule has 1 aromatic heterocycles. The average Bonchev–Trinajstić information content (AvgIpc) is 3.21. The third-order valence-electron chi connectivity index (χ3n) is 6.60. The fourth-order valence-electron chi connectivity index (χ4n) is 4.53. The summed E-state index contributed by atoms with van der Waals surface area (Å²) < 4.78 is 16.4. The highest BCUT2D eigenvalue weighted by Crippen LogP contribution is 2.50. The summed E-state index contributed by atoms with van der Waals surface area (Å²) in [6, 6.07) is 9.45. The van der Waals surface area contributed by atoms with Crippen LogP contribution < -0.4 is 4.74 Å². The molecule has 0 radical (unpaired) electrons. The van der Waals surface area contributed by atoms with Gasteiger partial charge in [0, 0.05) is 44.4 Å². The quantitative estimate of drug-likeness (QED) is 0.730. The number of benzene rings is 1. The molecule has 8 nitrogen and oxygen atoms in total.